The molecule has 1 aromatic heterocycles. The molecule has 0 saturated heterocycles. The smallest absolute Gasteiger partial charge is 0.272 e. The number of benzene rings is 1. The van der Waals surface area contributed by atoms with Gasteiger partial charge in [0.15, 0.2) is 5.69 Å². The number of hydrogen-bond donors (Lipinski definition) is 2. The van der Waals surface area contributed by atoms with Crippen molar-refractivity contribution in [2.24, 2.45) is 5.41 Å². The maximum atomic E-state index is 14.6. The van der Waals surface area contributed by atoms with E-state index < -0.39 is 41.6 Å². The second-order valence-corrected chi connectivity index (χ2v) is 9.35. The molecule has 2 amide bonds. The number of imidazole rings is 1. The van der Waals surface area contributed by atoms with Crippen LogP contribution in [0.5, 0.6) is 0 Å². The van der Waals surface area contributed by atoms with E-state index in [1.165, 1.54) is 6.07 Å². The third-order valence-electron chi connectivity index (χ3n) is 5.60. The number of fused-ring (bicyclic) bond motifs is 1. The summed E-state index contributed by atoms with van der Waals surface area (Å²) < 4.78 is 42.4. The summed E-state index contributed by atoms with van der Waals surface area (Å²) >= 11 is 0. The summed E-state index contributed by atoms with van der Waals surface area (Å²) in [6, 6.07) is 2.29. The molecule has 0 radical (unpaired) electrons. The second kappa shape index (κ2) is 9.94. The average Bonchev–Trinajstić information content (AvgIpc) is 2.95. The third kappa shape index (κ3) is 5.55. The van der Waals surface area contributed by atoms with Gasteiger partial charge in [-0.05, 0) is 37.6 Å². The Hall–Kier alpha value is -2.88. The zero-order chi connectivity index (χ0) is 24.3. The molecule has 1 aromatic carbocycles. The Morgan fingerprint density at radius 1 is 1.21 bits per heavy atom. The highest BCUT2D eigenvalue weighted by Crippen LogP contribution is 2.29. The fourth-order valence-corrected chi connectivity index (χ4v) is 3.93. The quantitative estimate of drug-likeness (QED) is 0.688. The summed E-state index contributed by atoms with van der Waals surface area (Å²) in [7, 11) is 1.91. The number of carbonyl (C=O) groups excluding carboxylic acids is 2. The summed E-state index contributed by atoms with van der Waals surface area (Å²) in [6.07, 6.45) is 0.757. The topological polar surface area (TPSA) is 79.3 Å². The van der Waals surface area contributed by atoms with Crippen LogP contribution >= 0.6 is 0 Å². The van der Waals surface area contributed by atoms with Crippen molar-refractivity contribution in [3.63, 3.8) is 0 Å². The first kappa shape index (κ1) is 24.8. The number of carbonyl (C=O) groups is 2. The molecule has 2 aromatic rings. The van der Waals surface area contributed by atoms with Crippen molar-refractivity contribution >= 4 is 11.8 Å². The molecule has 180 valence electrons. The normalized spacial score (nSPS) is 15.5. The molecule has 1 aliphatic rings. The van der Waals surface area contributed by atoms with Crippen LogP contribution < -0.4 is 10.6 Å². The van der Waals surface area contributed by atoms with Crippen molar-refractivity contribution in [2.45, 2.75) is 46.3 Å². The molecular weight excluding hydrogens is 435 g/mol. The summed E-state index contributed by atoms with van der Waals surface area (Å²) in [5, 5.41) is 5.21. The molecule has 1 aliphatic heterocycles. The van der Waals surface area contributed by atoms with E-state index in [1.807, 2.05) is 11.9 Å². The predicted octanol–water partition coefficient (Wildman–Crippen LogP) is 2.89. The minimum Gasteiger partial charge on any atom is -0.352 e. The zero-order valence-electron chi connectivity index (χ0n) is 19.3. The number of alkyl halides is 1. The van der Waals surface area contributed by atoms with E-state index in [-0.39, 0.29) is 23.6 Å². The molecule has 0 fully saturated rings. The van der Waals surface area contributed by atoms with E-state index in [1.54, 1.807) is 25.3 Å². The van der Waals surface area contributed by atoms with Crippen LogP contribution in [0.1, 0.15) is 43.4 Å². The highest BCUT2D eigenvalue weighted by molar-refractivity contribution is 5.98. The number of hydrogen-bond acceptors (Lipinski definition) is 4. The molecule has 2 N–H and O–H groups in total. The second-order valence-electron chi connectivity index (χ2n) is 9.35. The fourth-order valence-electron chi connectivity index (χ4n) is 3.93. The van der Waals surface area contributed by atoms with Crippen LogP contribution in [0.15, 0.2) is 18.2 Å². The van der Waals surface area contributed by atoms with Crippen LogP contribution in [-0.4, -0.2) is 59.1 Å². The lowest BCUT2D eigenvalue weighted by atomic mass is 9.86. The number of amides is 2. The fraction of sp³-hybridized carbons (Fsp3) is 0.522. The van der Waals surface area contributed by atoms with Gasteiger partial charge < -0.3 is 20.1 Å². The number of halogens is 3. The SMILES string of the molecule is CN1CCCn2c(-c3ccc(F)cc3F)nc(C(=O)N[C@H](C(=O)NCCF)C(C)(C)C)c2C1. The van der Waals surface area contributed by atoms with Gasteiger partial charge in [-0.15, -0.1) is 0 Å². The van der Waals surface area contributed by atoms with E-state index in [2.05, 4.69) is 15.6 Å². The van der Waals surface area contributed by atoms with E-state index in [0.717, 1.165) is 25.1 Å². The first-order valence-electron chi connectivity index (χ1n) is 10.9. The van der Waals surface area contributed by atoms with Gasteiger partial charge in [-0.25, -0.2) is 18.2 Å². The van der Waals surface area contributed by atoms with Gasteiger partial charge in [-0.2, -0.15) is 0 Å². The molecule has 33 heavy (non-hydrogen) atoms. The average molecular weight is 466 g/mol. The van der Waals surface area contributed by atoms with Crippen molar-refractivity contribution < 1.29 is 22.8 Å². The highest BCUT2D eigenvalue weighted by atomic mass is 19.1. The summed E-state index contributed by atoms with van der Waals surface area (Å²) in [5.74, 6) is -2.33. The van der Waals surface area contributed by atoms with E-state index >= 15 is 0 Å². The van der Waals surface area contributed by atoms with Gasteiger partial charge in [0.1, 0.15) is 30.2 Å². The summed E-state index contributed by atoms with van der Waals surface area (Å²) in [6.45, 7) is 6.15. The molecule has 0 aliphatic carbocycles. The molecule has 10 heteroatoms. The van der Waals surface area contributed by atoms with Crippen LogP contribution in [0.2, 0.25) is 0 Å². The van der Waals surface area contributed by atoms with Crippen molar-refractivity contribution in [3.8, 4) is 11.4 Å². The highest BCUT2D eigenvalue weighted by Gasteiger charge is 2.35. The van der Waals surface area contributed by atoms with Crippen molar-refractivity contribution in [2.75, 3.05) is 26.8 Å². The molecule has 1 atom stereocenters. The van der Waals surface area contributed by atoms with Gasteiger partial charge >= 0.3 is 0 Å². The molecule has 3 rings (SSSR count). The Morgan fingerprint density at radius 2 is 1.94 bits per heavy atom. The Kier molecular flexibility index (Phi) is 7.46. The van der Waals surface area contributed by atoms with Gasteiger partial charge in [-0.3, -0.25) is 9.59 Å². The molecule has 0 saturated carbocycles. The molecule has 7 nitrogen and oxygen atoms in total. The van der Waals surface area contributed by atoms with E-state index in [4.69, 9.17) is 0 Å². The van der Waals surface area contributed by atoms with Crippen LogP contribution in [0, 0.1) is 17.0 Å². The minimum atomic E-state index is -0.941. The first-order valence-corrected chi connectivity index (χ1v) is 10.9. The van der Waals surface area contributed by atoms with Crippen LogP contribution in [0.4, 0.5) is 13.2 Å². The van der Waals surface area contributed by atoms with E-state index in [0.29, 0.717) is 18.8 Å². The Bertz CT molecular complexity index is 1030. The number of rotatable bonds is 6. The lowest BCUT2D eigenvalue weighted by molar-refractivity contribution is -0.125. The number of nitrogens with zero attached hydrogens (tertiary/aromatic N) is 3. The maximum Gasteiger partial charge on any atom is 0.272 e. The van der Waals surface area contributed by atoms with E-state index in [9.17, 15) is 22.8 Å². The number of nitrogens with one attached hydrogen (secondary N) is 2. The standard InChI is InChI=1S/C23H30F3N5O2/c1-23(2,3)19(22(33)27-9-8-24)29-21(32)18-17-13-30(4)10-5-11-31(17)20(28-18)15-7-6-14(25)12-16(15)26/h6-7,12,19H,5,8-11,13H2,1-4H3,(H,27,33)(H,29,32)/t19-/m1/s1. The van der Waals surface area contributed by atoms with Gasteiger partial charge in [0.05, 0.1) is 11.3 Å². The summed E-state index contributed by atoms with van der Waals surface area (Å²) in [5.41, 5.74) is 0.0995. The maximum absolute atomic E-state index is 14.6. The van der Waals surface area contributed by atoms with Crippen molar-refractivity contribution in [3.05, 3.63) is 41.2 Å². The van der Waals surface area contributed by atoms with Crippen molar-refractivity contribution in [1.29, 1.82) is 0 Å². The molecule has 0 spiro atoms. The Morgan fingerprint density at radius 3 is 2.58 bits per heavy atom. The molecular formula is C23H30F3N5O2. The molecule has 0 unspecified atom stereocenters. The lowest BCUT2D eigenvalue weighted by Crippen LogP contribution is -2.54. The monoisotopic (exact) mass is 465 g/mol. The Labute approximate surface area is 191 Å². The van der Waals surface area contributed by atoms with Crippen LogP contribution in [0.25, 0.3) is 11.4 Å². The number of aromatic nitrogens is 2. The van der Waals surface area contributed by atoms with Gasteiger partial charge in [0.2, 0.25) is 5.91 Å². The molecule has 2 heterocycles. The third-order valence-corrected chi connectivity index (χ3v) is 5.60. The van der Waals surface area contributed by atoms with Gasteiger partial charge in [0, 0.05) is 25.7 Å². The van der Waals surface area contributed by atoms with Crippen molar-refractivity contribution in [1.82, 2.24) is 25.1 Å². The van der Waals surface area contributed by atoms with Crippen LogP contribution in [-0.2, 0) is 17.9 Å². The molecule has 0 bridgehead atoms. The Balaban J connectivity index is 2.03. The predicted molar refractivity (Wildman–Crippen MR) is 118 cm³/mol. The van der Waals surface area contributed by atoms with Gasteiger partial charge in [0.25, 0.3) is 5.91 Å². The van der Waals surface area contributed by atoms with Crippen LogP contribution in [0.3, 0.4) is 0 Å². The zero-order valence-corrected chi connectivity index (χ0v) is 19.3. The van der Waals surface area contributed by atoms with Gasteiger partial charge in [-0.1, -0.05) is 20.8 Å². The minimum absolute atomic E-state index is 0.0787. The largest absolute Gasteiger partial charge is 0.352 e. The first-order chi connectivity index (χ1) is 15.5. The summed E-state index contributed by atoms with van der Waals surface area (Å²) in [4.78, 5) is 32.4. The lowest BCUT2D eigenvalue weighted by Gasteiger charge is -2.30.